The Morgan fingerprint density at radius 1 is 1.11 bits per heavy atom. The molecule has 0 radical (unpaired) electrons. The minimum Gasteiger partial charge on any atom is -0.377 e. The van der Waals surface area contributed by atoms with Crippen LogP contribution in [0.25, 0.3) is 5.57 Å². The van der Waals surface area contributed by atoms with Gasteiger partial charge in [-0.25, -0.2) is 0 Å². The van der Waals surface area contributed by atoms with Crippen molar-refractivity contribution in [1.29, 1.82) is 0 Å². The van der Waals surface area contributed by atoms with E-state index in [0.717, 1.165) is 13.2 Å². The standard InChI is InChI=1S/C17H24O/c1-3-4-7-12-18-13-17-14(2)10-11-15-8-5-6-9-16(15)17/h5-6,8-9H,3-4,7,10-13H2,1-2H3. The lowest BCUT2D eigenvalue weighted by Crippen LogP contribution is -2.09. The molecule has 0 fully saturated rings. The molecule has 0 N–H and O–H groups in total. The molecule has 0 aliphatic heterocycles. The largest absolute Gasteiger partial charge is 0.377 e. The first-order chi connectivity index (χ1) is 8.83. The van der Waals surface area contributed by atoms with Crippen LogP contribution in [0, 0.1) is 0 Å². The Bertz CT molecular complexity index is 417. The van der Waals surface area contributed by atoms with Crippen LogP contribution in [-0.4, -0.2) is 13.2 Å². The quantitative estimate of drug-likeness (QED) is 0.664. The van der Waals surface area contributed by atoms with E-state index in [1.54, 1.807) is 0 Å². The van der Waals surface area contributed by atoms with E-state index in [4.69, 9.17) is 4.74 Å². The molecule has 0 atom stereocenters. The molecule has 1 nitrogen and oxygen atoms in total. The zero-order valence-electron chi connectivity index (χ0n) is 11.7. The maximum absolute atomic E-state index is 5.84. The Kier molecular flexibility index (Phi) is 5.00. The predicted octanol–water partition coefficient (Wildman–Crippen LogP) is 4.61. The molecule has 1 aliphatic carbocycles. The summed E-state index contributed by atoms with van der Waals surface area (Å²) < 4.78 is 5.84. The molecule has 0 heterocycles. The van der Waals surface area contributed by atoms with Crippen LogP contribution in [0.3, 0.4) is 0 Å². The van der Waals surface area contributed by atoms with Crippen molar-refractivity contribution in [3.05, 3.63) is 41.0 Å². The highest BCUT2D eigenvalue weighted by molar-refractivity contribution is 5.73. The molecule has 1 aromatic rings. The number of fused-ring (bicyclic) bond motifs is 1. The minimum atomic E-state index is 0.784. The number of allylic oxidation sites excluding steroid dienone is 1. The number of benzene rings is 1. The Labute approximate surface area is 111 Å². The summed E-state index contributed by atoms with van der Waals surface area (Å²) in [4.78, 5) is 0. The summed E-state index contributed by atoms with van der Waals surface area (Å²) >= 11 is 0. The molecular weight excluding hydrogens is 220 g/mol. The molecule has 0 aromatic heterocycles. The molecule has 1 heteroatoms. The maximum atomic E-state index is 5.84. The van der Waals surface area contributed by atoms with E-state index in [0.29, 0.717) is 0 Å². The Balaban J connectivity index is 1.98. The molecule has 0 bridgehead atoms. The zero-order valence-corrected chi connectivity index (χ0v) is 11.7. The highest BCUT2D eigenvalue weighted by Gasteiger charge is 2.15. The van der Waals surface area contributed by atoms with Crippen molar-refractivity contribution < 1.29 is 4.74 Å². The van der Waals surface area contributed by atoms with Gasteiger partial charge in [0.1, 0.15) is 0 Å². The van der Waals surface area contributed by atoms with Crippen molar-refractivity contribution in [2.45, 2.75) is 46.0 Å². The number of aryl methyl sites for hydroxylation is 1. The Morgan fingerprint density at radius 2 is 1.94 bits per heavy atom. The van der Waals surface area contributed by atoms with Gasteiger partial charge in [0.2, 0.25) is 0 Å². The van der Waals surface area contributed by atoms with E-state index in [1.807, 2.05) is 0 Å². The van der Waals surface area contributed by atoms with Gasteiger partial charge in [-0.15, -0.1) is 0 Å². The van der Waals surface area contributed by atoms with Crippen LogP contribution in [0.15, 0.2) is 29.8 Å². The van der Waals surface area contributed by atoms with E-state index >= 15 is 0 Å². The third kappa shape index (κ3) is 3.23. The van der Waals surface area contributed by atoms with Gasteiger partial charge in [0.15, 0.2) is 0 Å². The second kappa shape index (κ2) is 6.75. The second-order valence-electron chi connectivity index (χ2n) is 5.18. The van der Waals surface area contributed by atoms with Gasteiger partial charge in [0.05, 0.1) is 6.61 Å². The van der Waals surface area contributed by atoms with Crippen LogP contribution >= 0.6 is 0 Å². The smallest absolute Gasteiger partial charge is 0.0722 e. The van der Waals surface area contributed by atoms with Crippen molar-refractivity contribution in [1.82, 2.24) is 0 Å². The van der Waals surface area contributed by atoms with Crippen LogP contribution in [-0.2, 0) is 11.2 Å². The maximum Gasteiger partial charge on any atom is 0.0722 e. The molecule has 2 rings (SSSR count). The van der Waals surface area contributed by atoms with E-state index in [1.165, 1.54) is 54.4 Å². The second-order valence-corrected chi connectivity index (χ2v) is 5.18. The molecule has 1 aliphatic rings. The summed E-state index contributed by atoms with van der Waals surface area (Å²) in [6.07, 6.45) is 6.08. The van der Waals surface area contributed by atoms with Gasteiger partial charge in [0.25, 0.3) is 0 Å². The van der Waals surface area contributed by atoms with E-state index in [2.05, 4.69) is 38.1 Å². The third-order valence-corrected chi connectivity index (χ3v) is 3.77. The van der Waals surface area contributed by atoms with Crippen LogP contribution in [0.5, 0.6) is 0 Å². The Hall–Kier alpha value is -1.08. The van der Waals surface area contributed by atoms with Crippen LogP contribution < -0.4 is 0 Å². The van der Waals surface area contributed by atoms with Gasteiger partial charge < -0.3 is 4.74 Å². The zero-order chi connectivity index (χ0) is 12.8. The fraction of sp³-hybridized carbons (Fsp3) is 0.529. The lowest BCUT2D eigenvalue weighted by molar-refractivity contribution is 0.161. The van der Waals surface area contributed by atoms with Crippen molar-refractivity contribution in [2.24, 2.45) is 0 Å². The number of hydrogen-bond donors (Lipinski definition) is 0. The first-order valence-corrected chi connectivity index (χ1v) is 7.17. The van der Waals surface area contributed by atoms with Gasteiger partial charge in [-0.1, -0.05) is 49.6 Å². The predicted molar refractivity (Wildman–Crippen MR) is 77.7 cm³/mol. The van der Waals surface area contributed by atoms with Gasteiger partial charge in [0, 0.05) is 6.61 Å². The summed E-state index contributed by atoms with van der Waals surface area (Å²) in [5, 5.41) is 0. The topological polar surface area (TPSA) is 9.23 Å². The van der Waals surface area contributed by atoms with Gasteiger partial charge >= 0.3 is 0 Å². The average Bonchev–Trinajstić information content (AvgIpc) is 2.41. The summed E-state index contributed by atoms with van der Waals surface area (Å²) in [7, 11) is 0. The first-order valence-electron chi connectivity index (χ1n) is 7.17. The number of hydrogen-bond acceptors (Lipinski definition) is 1. The van der Waals surface area contributed by atoms with Gasteiger partial charge in [-0.2, -0.15) is 0 Å². The van der Waals surface area contributed by atoms with Gasteiger partial charge in [-0.05, 0) is 42.9 Å². The van der Waals surface area contributed by atoms with Crippen LogP contribution in [0.4, 0.5) is 0 Å². The van der Waals surface area contributed by atoms with E-state index in [-0.39, 0.29) is 0 Å². The average molecular weight is 244 g/mol. The number of ether oxygens (including phenoxy) is 1. The molecule has 0 saturated carbocycles. The minimum absolute atomic E-state index is 0.784. The summed E-state index contributed by atoms with van der Waals surface area (Å²) in [5.41, 5.74) is 5.82. The first kappa shape index (κ1) is 13.4. The molecular formula is C17H24O. The molecule has 18 heavy (non-hydrogen) atoms. The fourth-order valence-corrected chi connectivity index (χ4v) is 2.56. The van der Waals surface area contributed by atoms with Gasteiger partial charge in [-0.3, -0.25) is 0 Å². The normalized spacial score (nSPS) is 14.8. The number of rotatable bonds is 6. The highest BCUT2D eigenvalue weighted by Crippen LogP contribution is 2.31. The lowest BCUT2D eigenvalue weighted by atomic mass is 9.86. The van der Waals surface area contributed by atoms with E-state index < -0.39 is 0 Å². The molecule has 0 spiro atoms. The van der Waals surface area contributed by atoms with Crippen molar-refractivity contribution in [3.8, 4) is 0 Å². The van der Waals surface area contributed by atoms with Crippen molar-refractivity contribution in [2.75, 3.05) is 13.2 Å². The van der Waals surface area contributed by atoms with Crippen molar-refractivity contribution in [3.63, 3.8) is 0 Å². The molecule has 0 saturated heterocycles. The van der Waals surface area contributed by atoms with Crippen LogP contribution in [0.1, 0.15) is 50.7 Å². The molecule has 0 amide bonds. The summed E-state index contributed by atoms with van der Waals surface area (Å²) in [5.74, 6) is 0. The van der Waals surface area contributed by atoms with Crippen molar-refractivity contribution >= 4 is 5.57 Å². The number of unbranched alkanes of at least 4 members (excludes halogenated alkanes) is 2. The summed E-state index contributed by atoms with van der Waals surface area (Å²) in [6.45, 7) is 6.16. The highest BCUT2D eigenvalue weighted by atomic mass is 16.5. The lowest BCUT2D eigenvalue weighted by Gasteiger charge is -2.21. The summed E-state index contributed by atoms with van der Waals surface area (Å²) in [6, 6.07) is 8.76. The third-order valence-electron chi connectivity index (χ3n) is 3.77. The SMILES string of the molecule is CCCCCOCC1=C(C)CCc2ccccc21. The molecule has 0 unspecified atom stereocenters. The molecule has 1 aromatic carbocycles. The molecule has 98 valence electrons. The fourth-order valence-electron chi connectivity index (χ4n) is 2.56. The van der Waals surface area contributed by atoms with E-state index in [9.17, 15) is 0 Å². The monoisotopic (exact) mass is 244 g/mol. The Morgan fingerprint density at radius 3 is 2.78 bits per heavy atom. The van der Waals surface area contributed by atoms with Crippen LogP contribution in [0.2, 0.25) is 0 Å².